The monoisotopic (exact) mass is 265 g/mol. The second-order valence-electron chi connectivity index (χ2n) is 3.10. The van der Waals surface area contributed by atoms with Crippen LogP contribution in [0.25, 0.3) is 0 Å². The highest BCUT2D eigenvalue weighted by atomic mass is 19.4. The molecule has 0 radical (unpaired) electrons. The van der Waals surface area contributed by atoms with Gasteiger partial charge in [-0.05, 0) is 5.22 Å². The highest BCUT2D eigenvalue weighted by molar-refractivity contribution is 5.65. The minimum atomic E-state index is -5.75. The molecule has 0 fully saturated rings. The SMILES string of the molecule is CC(=O)ON1N=NCC1(C(F)(F)F)C(F)(F)F. The molecule has 0 bridgehead atoms. The first-order valence-corrected chi connectivity index (χ1v) is 4.02. The first-order chi connectivity index (χ1) is 7.52. The third kappa shape index (κ3) is 2.00. The van der Waals surface area contributed by atoms with E-state index in [-0.39, 0.29) is 0 Å². The fourth-order valence-electron chi connectivity index (χ4n) is 1.10. The lowest BCUT2D eigenvalue weighted by Gasteiger charge is -2.36. The number of carbonyl (C=O) groups is 1. The van der Waals surface area contributed by atoms with E-state index in [0.717, 1.165) is 0 Å². The molecule has 1 rings (SSSR count). The van der Waals surface area contributed by atoms with E-state index in [1.165, 1.54) is 0 Å². The van der Waals surface area contributed by atoms with Gasteiger partial charge >= 0.3 is 23.9 Å². The lowest BCUT2D eigenvalue weighted by molar-refractivity contribution is -0.379. The fraction of sp³-hybridized carbons (Fsp3) is 0.833. The van der Waals surface area contributed by atoms with Crippen LogP contribution in [-0.2, 0) is 9.63 Å². The third-order valence-electron chi connectivity index (χ3n) is 1.92. The molecule has 0 unspecified atom stereocenters. The smallest absolute Gasteiger partial charge is 0.321 e. The van der Waals surface area contributed by atoms with Gasteiger partial charge in [0.05, 0.1) is 0 Å². The minimum absolute atomic E-state index is 0.644. The molecule has 1 aliphatic heterocycles. The zero-order valence-electron chi connectivity index (χ0n) is 8.13. The summed E-state index contributed by atoms with van der Waals surface area (Å²) in [4.78, 5) is 14.2. The summed E-state index contributed by atoms with van der Waals surface area (Å²) < 4.78 is 75.2. The molecule has 0 aromatic carbocycles. The molecule has 0 saturated carbocycles. The van der Waals surface area contributed by atoms with Crippen molar-refractivity contribution in [1.29, 1.82) is 0 Å². The van der Waals surface area contributed by atoms with Crippen molar-refractivity contribution in [1.82, 2.24) is 5.17 Å². The maximum absolute atomic E-state index is 12.5. The Morgan fingerprint density at radius 2 is 1.71 bits per heavy atom. The second kappa shape index (κ2) is 3.74. The normalized spacial score (nSPS) is 19.6. The van der Waals surface area contributed by atoms with E-state index in [0.29, 0.717) is 6.92 Å². The largest absolute Gasteiger partial charge is 0.427 e. The van der Waals surface area contributed by atoms with Crippen LogP contribution in [0.2, 0.25) is 0 Å². The molecule has 11 heteroatoms. The van der Waals surface area contributed by atoms with Gasteiger partial charge in [0.2, 0.25) is 0 Å². The molecule has 0 aromatic heterocycles. The van der Waals surface area contributed by atoms with Crippen molar-refractivity contribution in [3.63, 3.8) is 0 Å². The van der Waals surface area contributed by atoms with E-state index in [1.54, 1.807) is 0 Å². The topological polar surface area (TPSA) is 54.3 Å². The summed E-state index contributed by atoms with van der Waals surface area (Å²) in [6.45, 7) is -1.07. The van der Waals surface area contributed by atoms with Crippen LogP contribution in [0, 0.1) is 0 Å². The summed E-state index contributed by atoms with van der Waals surface area (Å²) in [6, 6.07) is 0. The first kappa shape index (κ1) is 13.5. The predicted octanol–water partition coefficient (Wildman–Crippen LogP) is 2.01. The lowest BCUT2D eigenvalue weighted by Crippen LogP contribution is -2.66. The Hall–Kier alpha value is -1.55. The van der Waals surface area contributed by atoms with Crippen LogP contribution in [0.15, 0.2) is 10.3 Å². The van der Waals surface area contributed by atoms with Crippen LogP contribution in [0.3, 0.4) is 0 Å². The fourth-order valence-corrected chi connectivity index (χ4v) is 1.10. The van der Waals surface area contributed by atoms with Crippen molar-refractivity contribution >= 4 is 5.97 Å². The van der Waals surface area contributed by atoms with Gasteiger partial charge in [-0.15, -0.1) is 0 Å². The van der Waals surface area contributed by atoms with Gasteiger partial charge in [0.25, 0.3) is 0 Å². The van der Waals surface area contributed by atoms with Gasteiger partial charge in [-0.25, -0.2) is 4.79 Å². The highest BCUT2D eigenvalue weighted by Crippen LogP contribution is 2.49. The van der Waals surface area contributed by atoms with Gasteiger partial charge in [-0.1, -0.05) is 5.17 Å². The summed E-state index contributed by atoms with van der Waals surface area (Å²) in [5.41, 5.74) is -4.42. The standard InChI is InChI=1S/C6H5F6N3O2/c1-3(16)17-15-4(2-13-14-15,5(7,8)9)6(10,11)12/h2H2,1H3. The number of rotatable bonds is 1. The van der Waals surface area contributed by atoms with Crippen molar-refractivity contribution in [2.45, 2.75) is 24.8 Å². The van der Waals surface area contributed by atoms with Crippen molar-refractivity contribution in [3.05, 3.63) is 0 Å². The number of hydrogen-bond donors (Lipinski definition) is 0. The number of halogens is 6. The maximum atomic E-state index is 12.5. The van der Waals surface area contributed by atoms with Crippen molar-refractivity contribution < 1.29 is 36.0 Å². The van der Waals surface area contributed by atoms with Gasteiger partial charge in [-0.2, -0.15) is 31.5 Å². The number of alkyl halides is 6. The second-order valence-corrected chi connectivity index (χ2v) is 3.10. The zero-order chi connectivity index (χ0) is 13.5. The number of carbonyl (C=O) groups excluding carboxylic acids is 1. The Bertz CT molecular complexity index is 335. The molecule has 0 aromatic rings. The molecule has 0 saturated heterocycles. The van der Waals surface area contributed by atoms with Crippen LogP contribution in [-0.4, -0.2) is 35.6 Å². The summed E-state index contributed by atoms with van der Waals surface area (Å²) in [6.07, 6.45) is -11.5. The molecule has 0 amide bonds. The Labute approximate surface area is 90.0 Å². The van der Waals surface area contributed by atoms with E-state index in [2.05, 4.69) is 15.2 Å². The Morgan fingerprint density at radius 1 is 1.24 bits per heavy atom. The van der Waals surface area contributed by atoms with Gasteiger partial charge in [-0.3, -0.25) is 0 Å². The number of hydrogen-bond acceptors (Lipinski definition) is 5. The van der Waals surface area contributed by atoms with E-state index < -0.39 is 35.6 Å². The molecular formula is C6H5F6N3O2. The van der Waals surface area contributed by atoms with E-state index >= 15 is 0 Å². The minimum Gasteiger partial charge on any atom is -0.321 e. The quantitative estimate of drug-likeness (QED) is 0.681. The Kier molecular flexibility index (Phi) is 2.97. The molecule has 0 aliphatic carbocycles. The molecule has 98 valence electrons. The lowest BCUT2D eigenvalue weighted by atomic mass is 9.99. The van der Waals surface area contributed by atoms with E-state index in [4.69, 9.17) is 0 Å². The Balaban J connectivity index is 3.21. The molecular weight excluding hydrogens is 260 g/mol. The van der Waals surface area contributed by atoms with Crippen LogP contribution >= 0.6 is 0 Å². The van der Waals surface area contributed by atoms with Crippen molar-refractivity contribution in [3.8, 4) is 0 Å². The number of nitrogens with zero attached hydrogens (tertiary/aromatic N) is 3. The van der Waals surface area contributed by atoms with E-state index in [1.807, 2.05) is 0 Å². The third-order valence-corrected chi connectivity index (χ3v) is 1.92. The first-order valence-electron chi connectivity index (χ1n) is 4.02. The van der Waals surface area contributed by atoms with Crippen LogP contribution < -0.4 is 0 Å². The van der Waals surface area contributed by atoms with Crippen LogP contribution in [0.4, 0.5) is 26.3 Å². The van der Waals surface area contributed by atoms with E-state index in [9.17, 15) is 31.1 Å². The van der Waals surface area contributed by atoms with Gasteiger partial charge in [0.1, 0.15) is 6.54 Å². The van der Waals surface area contributed by atoms with Gasteiger partial charge in [0.15, 0.2) is 0 Å². The predicted molar refractivity (Wildman–Crippen MR) is 38.2 cm³/mol. The summed E-state index contributed by atoms with van der Waals surface area (Å²) in [5, 5.41) is 4.32. The summed E-state index contributed by atoms with van der Waals surface area (Å²) in [5.74, 6) is -1.37. The van der Waals surface area contributed by atoms with Crippen LogP contribution in [0.5, 0.6) is 0 Å². The zero-order valence-corrected chi connectivity index (χ0v) is 8.13. The molecule has 1 heterocycles. The number of hydroxylamine groups is 1. The van der Waals surface area contributed by atoms with Crippen LogP contribution in [0.1, 0.15) is 6.92 Å². The average Bonchev–Trinajstić information content (AvgIpc) is 2.44. The Morgan fingerprint density at radius 3 is 2.06 bits per heavy atom. The molecule has 0 spiro atoms. The maximum Gasteiger partial charge on any atom is 0.427 e. The van der Waals surface area contributed by atoms with Crippen molar-refractivity contribution in [2.24, 2.45) is 10.3 Å². The summed E-state index contributed by atoms with van der Waals surface area (Å²) >= 11 is 0. The van der Waals surface area contributed by atoms with Gasteiger partial charge < -0.3 is 4.84 Å². The molecule has 5 nitrogen and oxygen atoms in total. The summed E-state index contributed by atoms with van der Waals surface area (Å²) in [7, 11) is 0. The van der Waals surface area contributed by atoms with Crippen molar-refractivity contribution in [2.75, 3.05) is 6.54 Å². The average molecular weight is 265 g/mol. The molecule has 1 aliphatic rings. The van der Waals surface area contributed by atoms with Gasteiger partial charge in [0, 0.05) is 6.92 Å². The molecule has 0 atom stereocenters. The molecule has 0 N–H and O–H groups in total. The molecule has 17 heavy (non-hydrogen) atoms. The highest BCUT2D eigenvalue weighted by Gasteiger charge is 2.78.